The molecule has 6 heteroatoms. The molecule has 2 saturated heterocycles. The van der Waals surface area contributed by atoms with Crippen molar-refractivity contribution < 1.29 is 9.21 Å². The zero-order valence-electron chi connectivity index (χ0n) is 15.4. The number of thioether (sulfide) groups is 1. The molecule has 1 N–H and O–H groups in total. The summed E-state index contributed by atoms with van der Waals surface area (Å²) in [4.78, 5) is 15.7. The summed E-state index contributed by atoms with van der Waals surface area (Å²) in [6.45, 7) is 3.04. The number of nitrogens with one attached hydrogen (secondary N) is 1. The first-order valence-electron chi connectivity index (χ1n) is 10.1. The molecular weight excluding hydrogens is 368 g/mol. The van der Waals surface area contributed by atoms with E-state index in [0.29, 0.717) is 11.2 Å². The van der Waals surface area contributed by atoms with Crippen LogP contribution in [-0.4, -0.2) is 39.4 Å². The molecule has 6 unspecified atom stereocenters. The Hall–Kier alpha value is -0.650. The third kappa shape index (κ3) is 3.55. The van der Waals surface area contributed by atoms with Gasteiger partial charge in [0.15, 0.2) is 0 Å². The molecule has 144 valence electrons. The van der Waals surface area contributed by atoms with Crippen molar-refractivity contribution in [2.45, 2.75) is 80.0 Å². The molecule has 1 amide bonds. The molecule has 4 nitrogen and oxygen atoms in total. The van der Waals surface area contributed by atoms with Crippen LogP contribution < -0.4 is 5.32 Å². The van der Waals surface area contributed by atoms with Crippen molar-refractivity contribution in [1.82, 2.24) is 10.2 Å². The van der Waals surface area contributed by atoms with Crippen molar-refractivity contribution in [2.75, 3.05) is 6.54 Å². The minimum absolute atomic E-state index is 0.0484. The van der Waals surface area contributed by atoms with Crippen LogP contribution in [0.2, 0.25) is 0 Å². The van der Waals surface area contributed by atoms with E-state index < -0.39 is 0 Å². The summed E-state index contributed by atoms with van der Waals surface area (Å²) in [6.07, 6.45) is 9.98. The van der Waals surface area contributed by atoms with Gasteiger partial charge >= 0.3 is 0 Å². The third-order valence-corrected chi connectivity index (χ3v) is 8.71. The summed E-state index contributed by atoms with van der Waals surface area (Å²) in [5.41, 5.74) is 0. The van der Waals surface area contributed by atoms with Crippen LogP contribution in [0.5, 0.6) is 0 Å². The predicted octanol–water partition coefficient (Wildman–Crippen LogP) is 4.55. The number of hydrogen-bond donors (Lipinski definition) is 1. The minimum atomic E-state index is -0.133. The molecule has 0 aromatic carbocycles. The molecule has 1 aromatic rings. The lowest BCUT2D eigenvalue weighted by molar-refractivity contribution is -0.137. The zero-order valence-corrected chi connectivity index (χ0v) is 17.0. The van der Waals surface area contributed by atoms with E-state index in [2.05, 4.69) is 12.2 Å². The smallest absolute Gasteiger partial charge is 0.239 e. The highest BCUT2D eigenvalue weighted by Crippen LogP contribution is 2.49. The Balaban J connectivity index is 1.57. The summed E-state index contributed by atoms with van der Waals surface area (Å²) in [7, 11) is 0. The Bertz CT molecular complexity index is 605. The molecule has 1 aliphatic carbocycles. The molecule has 4 rings (SSSR count). The lowest BCUT2D eigenvalue weighted by atomic mass is 9.85. The number of fused-ring (bicyclic) bond motifs is 1. The number of halogens is 1. The fourth-order valence-electron chi connectivity index (χ4n) is 4.84. The topological polar surface area (TPSA) is 45.5 Å². The fourth-order valence-corrected chi connectivity index (χ4v) is 7.29. The SMILES string of the molecule is CC(c1ccco1)N(C(=O)C1SC2CCCCC2C1Cl)C1CCCCN1. The van der Waals surface area contributed by atoms with Gasteiger partial charge in [0.1, 0.15) is 11.0 Å². The summed E-state index contributed by atoms with van der Waals surface area (Å²) in [5, 5.41) is 3.93. The van der Waals surface area contributed by atoms with Gasteiger partial charge in [0.05, 0.1) is 23.8 Å². The van der Waals surface area contributed by atoms with Gasteiger partial charge in [-0.1, -0.05) is 12.8 Å². The van der Waals surface area contributed by atoms with Crippen molar-refractivity contribution in [2.24, 2.45) is 5.92 Å². The first-order chi connectivity index (χ1) is 12.7. The molecule has 3 aliphatic rings. The minimum Gasteiger partial charge on any atom is -0.467 e. The maximum Gasteiger partial charge on any atom is 0.239 e. The van der Waals surface area contributed by atoms with Crippen molar-refractivity contribution in [3.63, 3.8) is 0 Å². The lowest BCUT2D eigenvalue weighted by Gasteiger charge is -2.40. The zero-order chi connectivity index (χ0) is 18.1. The van der Waals surface area contributed by atoms with Crippen LogP contribution in [0.3, 0.4) is 0 Å². The van der Waals surface area contributed by atoms with Gasteiger partial charge in [-0.2, -0.15) is 0 Å². The van der Waals surface area contributed by atoms with Crippen LogP contribution in [0.1, 0.15) is 63.7 Å². The van der Waals surface area contributed by atoms with E-state index in [1.54, 1.807) is 6.26 Å². The highest BCUT2D eigenvalue weighted by Gasteiger charge is 2.49. The van der Waals surface area contributed by atoms with Crippen LogP contribution in [0.15, 0.2) is 22.8 Å². The molecule has 1 saturated carbocycles. The average Bonchev–Trinajstić information content (AvgIpc) is 3.32. The van der Waals surface area contributed by atoms with Gasteiger partial charge in [0.25, 0.3) is 0 Å². The molecule has 0 radical (unpaired) electrons. The van der Waals surface area contributed by atoms with Crippen molar-refractivity contribution in [1.29, 1.82) is 0 Å². The third-order valence-electron chi connectivity index (χ3n) is 6.26. The van der Waals surface area contributed by atoms with Crippen LogP contribution in [0, 0.1) is 5.92 Å². The molecule has 3 heterocycles. The molecule has 6 atom stereocenters. The Kier molecular flexibility index (Phi) is 5.87. The molecule has 1 aromatic heterocycles. The van der Waals surface area contributed by atoms with E-state index in [4.69, 9.17) is 16.0 Å². The number of amides is 1. The van der Waals surface area contributed by atoms with Gasteiger partial charge < -0.3 is 9.32 Å². The first kappa shape index (κ1) is 18.7. The maximum absolute atomic E-state index is 13.7. The van der Waals surface area contributed by atoms with Crippen LogP contribution in [0.25, 0.3) is 0 Å². The first-order valence-corrected chi connectivity index (χ1v) is 11.4. The second kappa shape index (κ2) is 8.15. The fraction of sp³-hybridized carbons (Fsp3) is 0.750. The van der Waals surface area contributed by atoms with Crippen molar-refractivity contribution in [3.8, 4) is 0 Å². The van der Waals surface area contributed by atoms with Crippen LogP contribution in [0.4, 0.5) is 0 Å². The number of hydrogen-bond acceptors (Lipinski definition) is 4. The number of piperidine rings is 1. The van der Waals surface area contributed by atoms with Gasteiger partial charge in [-0.15, -0.1) is 23.4 Å². The maximum atomic E-state index is 13.7. The average molecular weight is 397 g/mol. The van der Waals surface area contributed by atoms with Crippen molar-refractivity contribution in [3.05, 3.63) is 24.2 Å². The van der Waals surface area contributed by atoms with Gasteiger partial charge in [-0.3, -0.25) is 10.1 Å². The Labute approximate surface area is 165 Å². The largest absolute Gasteiger partial charge is 0.467 e. The number of carbonyl (C=O) groups is 1. The molecule has 26 heavy (non-hydrogen) atoms. The van der Waals surface area contributed by atoms with E-state index in [9.17, 15) is 4.79 Å². The Morgan fingerprint density at radius 3 is 2.81 bits per heavy atom. The van der Waals surface area contributed by atoms with Gasteiger partial charge in [0, 0.05) is 5.25 Å². The molecule has 2 aliphatic heterocycles. The van der Waals surface area contributed by atoms with E-state index in [1.807, 2.05) is 28.8 Å². The quantitative estimate of drug-likeness (QED) is 0.758. The van der Waals surface area contributed by atoms with Gasteiger partial charge in [0.2, 0.25) is 5.91 Å². The lowest BCUT2D eigenvalue weighted by Crippen LogP contribution is -2.54. The number of furan rings is 1. The number of alkyl halides is 1. The van der Waals surface area contributed by atoms with Crippen molar-refractivity contribution >= 4 is 29.3 Å². The number of rotatable bonds is 4. The Morgan fingerprint density at radius 2 is 2.12 bits per heavy atom. The Morgan fingerprint density at radius 1 is 1.31 bits per heavy atom. The summed E-state index contributed by atoms with van der Waals surface area (Å²) < 4.78 is 5.64. The van der Waals surface area contributed by atoms with Crippen LogP contribution in [-0.2, 0) is 4.79 Å². The van der Waals surface area contributed by atoms with Gasteiger partial charge in [-0.25, -0.2) is 0 Å². The number of carbonyl (C=O) groups excluding carboxylic acids is 1. The monoisotopic (exact) mass is 396 g/mol. The summed E-state index contributed by atoms with van der Waals surface area (Å²) in [5.74, 6) is 1.52. The van der Waals surface area contributed by atoms with E-state index in [-0.39, 0.29) is 28.7 Å². The predicted molar refractivity (Wildman–Crippen MR) is 106 cm³/mol. The normalized spacial score (nSPS) is 35.7. The van der Waals surface area contributed by atoms with E-state index in [1.165, 1.54) is 32.1 Å². The second-order valence-corrected chi connectivity index (χ2v) is 9.78. The van der Waals surface area contributed by atoms with Gasteiger partial charge in [-0.05, 0) is 63.6 Å². The standard InChI is InChI=1S/C20H29ClN2O2S/c1-13(15-8-6-12-25-15)23(17-10-4-5-11-22-17)20(24)19-18(21)14-7-2-3-9-16(14)26-19/h6,8,12-14,16-19,22H,2-5,7,9-11H2,1H3. The number of nitrogens with zero attached hydrogens (tertiary/aromatic N) is 1. The molecular formula is C20H29ClN2O2S. The van der Waals surface area contributed by atoms with E-state index in [0.717, 1.165) is 25.1 Å². The van der Waals surface area contributed by atoms with E-state index >= 15 is 0 Å². The molecule has 3 fully saturated rings. The molecule has 0 bridgehead atoms. The second-order valence-electron chi connectivity index (χ2n) is 7.89. The summed E-state index contributed by atoms with van der Waals surface area (Å²) in [6, 6.07) is 3.78. The molecule has 0 spiro atoms. The van der Waals surface area contributed by atoms with Crippen LogP contribution >= 0.6 is 23.4 Å². The highest BCUT2D eigenvalue weighted by molar-refractivity contribution is 8.01. The highest BCUT2D eigenvalue weighted by atomic mass is 35.5. The summed E-state index contributed by atoms with van der Waals surface area (Å²) >= 11 is 8.68.